The molecule has 0 aromatic heterocycles. The second-order valence-corrected chi connectivity index (χ2v) is 5.60. The lowest BCUT2D eigenvalue weighted by molar-refractivity contribution is -0.143. The van der Waals surface area contributed by atoms with E-state index in [1.165, 1.54) is 0 Å². The van der Waals surface area contributed by atoms with E-state index in [4.69, 9.17) is 4.74 Å². The van der Waals surface area contributed by atoms with Gasteiger partial charge in [-0.1, -0.05) is 0 Å². The molecular weight excluding hydrogens is 232 g/mol. The molecule has 3 fully saturated rings. The Kier molecular flexibility index (Phi) is 3.01. The monoisotopic (exact) mass is 252 g/mol. The zero-order chi connectivity index (χ0) is 12.7. The first-order chi connectivity index (χ1) is 8.66. The zero-order valence-corrected chi connectivity index (χ0v) is 10.8. The maximum Gasteiger partial charge on any atom is 0.243 e. The standard InChI is InChI=1S/C13H20N2O3/c1-9-11(3-2-6-18-9)13(17)14-7-12(16)15(8-14)10-4-5-10/h9-11H,2-8H2,1H3/t9-,11-/m1/s1. The van der Waals surface area contributed by atoms with E-state index < -0.39 is 0 Å². The lowest BCUT2D eigenvalue weighted by Gasteiger charge is -2.31. The number of hydrogen-bond donors (Lipinski definition) is 0. The first kappa shape index (κ1) is 12.0. The van der Waals surface area contributed by atoms with Crippen molar-refractivity contribution in [1.82, 2.24) is 9.80 Å². The van der Waals surface area contributed by atoms with E-state index in [0.29, 0.717) is 12.7 Å². The second-order valence-electron chi connectivity index (χ2n) is 5.60. The van der Waals surface area contributed by atoms with E-state index in [0.717, 1.165) is 32.3 Å². The van der Waals surface area contributed by atoms with Crippen molar-refractivity contribution in [2.45, 2.75) is 44.8 Å². The molecule has 3 rings (SSSR count). The quantitative estimate of drug-likeness (QED) is 0.723. The Hall–Kier alpha value is -1.10. The van der Waals surface area contributed by atoms with Gasteiger partial charge >= 0.3 is 0 Å². The van der Waals surface area contributed by atoms with Crippen LogP contribution in [-0.2, 0) is 14.3 Å². The molecule has 100 valence electrons. The summed E-state index contributed by atoms with van der Waals surface area (Å²) in [5.74, 6) is 0.139. The first-order valence-electron chi connectivity index (χ1n) is 6.86. The molecule has 2 saturated heterocycles. The van der Waals surface area contributed by atoms with Gasteiger partial charge in [0.05, 0.1) is 18.7 Å². The highest BCUT2D eigenvalue weighted by Crippen LogP contribution is 2.31. The van der Waals surface area contributed by atoms with Crippen LogP contribution in [0.2, 0.25) is 0 Å². The maximum atomic E-state index is 12.4. The SMILES string of the molecule is C[C@H]1OCCC[C@H]1C(=O)N1CC(=O)N(C2CC2)C1. The highest BCUT2D eigenvalue weighted by molar-refractivity contribution is 5.89. The second kappa shape index (κ2) is 4.53. The van der Waals surface area contributed by atoms with Crippen LogP contribution in [0.5, 0.6) is 0 Å². The molecule has 0 unspecified atom stereocenters. The van der Waals surface area contributed by atoms with Gasteiger partial charge in [0.15, 0.2) is 0 Å². The van der Waals surface area contributed by atoms with Gasteiger partial charge in [-0.25, -0.2) is 0 Å². The van der Waals surface area contributed by atoms with Crippen LogP contribution in [0.1, 0.15) is 32.6 Å². The maximum absolute atomic E-state index is 12.4. The average Bonchev–Trinajstić information content (AvgIpc) is 3.12. The molecule has 0 aromatic rings. The predicted molar refractivity (Wildman–Crippen MR) is 64.6 cm³/mol. The number of nitrogens with zero attached hydrogens (tertiary/aromatic N) is 2. The minimum atomic E-state index is -0.0642. The number of hydrogen-bond acceptors (Lipinski definition) is 3. The van der Waals surface area contributed by atoms with E-state index in [1.807, 2.05) is 11.8 Å². The summed E-state index contributed by atoms with van der Waals surface area (Å²) in [5, 5.41) is 0. The molecule has 5 heteroatoms. The highest BCUT2D eigenvalue weighted by atomic mass is 16.5. The average molecular weight is 252 g/mol. The fraction of sp³-hybridized carbons (Fsp3) is 0.846. The molecule has 3 aliphatic rings. The fourth-order valence-electron chi connectivity index (χ4n) is 2.90. The van der Waals surface area contributed by atoms with Gasteiger partial charge in [0.1, 0.15) is 6.54 Å². The number of carbonyl (C=O) groups excluding carboxylic acids is 2. The van der Waals surface area contributed by atoms with Gasteiger partial charge in [-0.2, -0.15) is 0 Å². The van der Waals surface area contributed by atoms with E-state index in [9.17, 15) is 9.59 Å². The molecule has 2 amide bonds. The fourth-order valence-corrected chi connectivity index (χ4v) is 2.90. The van der Waals surface area contributed by atoms with Crippen molar-refractivity contribution in [3.05, 3.63) is 0 Å². The topological polar surface area (TPSA) is 49.9 Å². The van der Waals surface area contributed by atoms with Gasteiger partial charge in [0.25, 0.3) is 0 Å². The van der Waals surface area contributed by atoms with Crippen molar-refractivity contribution in [3.8, 4) is 0 Å². The third-order valence-electron chi connectivity index (χ3n) is 4.19. The summed E-state index contributed by atoms with van der Waals surface area (Å²) in [6.45, 7) is 3.46. The lowest BCUT2D eigenvalue weighted by atomic mass is 9.94. The van der Waals surface area contributed by atoms with Crippen LogP contribution >= 0.6 is 0 Å². The summed E-state index contributed by atoms with van der Waals surface area (Å²) in [4.78, 5) is 27.8. The number of amides is 2. The third-order valence-corrected chi connectivity index (χ3v) is 4.19. The van der Waals surface area contributed by atoms with Crippen LogP contribution in [0.4, 0.5) is 0 Å². The van der Waals surface area contributed by atoms with Gasteiger partial charge < -0.3 is 14.5 Å². The summed E-state index contributed by atoms with van der Waals surface area (Å²) < 4.78 is 5.54. The van der Waals surface area contributed by atoms with Crippen molar-refractivity contribution in [1.29, 1.82) is 0 Å². The summed E-state index contributed by atoms with van der Waals surface area (Å²) in [5.41, 5.74) is 0. The smallest absolute Gasteiger partial charge is 0.243 e. The van der Waals surface area contributed by atoms with Crippen LogP contribution in [0.25, 0.3) is 0 Å². The molecule has 2 heterocycles. The summed E-state index contributed by atoms with van der Waals surface area (Å²) in [7, 11) is 0. The molecule has 18 heavy (non-hydrogen) atoms. The largest absolute Gasteiger partial charge is 0.378 e. The van der Waals surface area contributed by atoms with Crippen molar-refractivity contribution in [3.63, 3.8) is 0 Å². The zero-order valence-electron chi connectivity index (χ0n) is 10.8. The molecule has 0 radical (unpaired) electrons. The van der Waals surface area contributed by atoms with Crippen molar-refractivity contribution in [2.24, 2.45) is 5.92 Å². The Morgan fingerprint density at radius 1 is 1.33 bits per heavy atom. The Morgan fingerprint density at radius 2 is 2.11 bits per heavy atom. The van der Waals surface area contributed by atoms with Crippen LogP contribution in [-0.4, -0.2) is 53.6 Å². The summed E-state index contributed by atoms with van der Waals surface area (Å²) >= 11 is 0. The molecule has 5 nitrogen and oxygen atoms in total. The van der Waals surface area contributed by atoms with Crippen LogP contribution in [0, 0.1) is 5.92 Å². The van der Waals surface area contributed by atoms with E-state index in [2.05, 4.69) is 0 Å². The molecule has 0 aromatic carbocycles. The minimum absolute atomic E-state index is 0.0173. The van der Waals surface area contributed by atoms with Gasteiger partial charge in [0, 0.05) is 12.6 Å². The Bertz CT molecular complexity index is 367. The Labute approximate surface area is 107 Å². The third kappa shape index (κ3) is 2.11. The molecule has 0 N–H and O–H groups in total. The normalized spacial score (nSPS) is 33.1. The number of carbonyl (C=O) groups is 2. The first-order valence-corrected chi connectivity index (χ1v) is 6.86. The molecule has 1 saturated carbocycles. The number of rotatable bonds is 2. The van der Waals surface area contributed by atoms with Gasteiger partial charge in [-0.05, 0) is 32.6 Å². The van der Waals surface area contributed by atoms with E-state index >= 15 is 0 Å². The highest BCUT2D eigenvalue weighted by Gasteiger charge is 2.42. The lowest BCUT2D eigenvalue weighted by Crippen LogP contribution is -2.42. The predicted octanol–water partition coefficient (Wildman–Crippen LogP) is 0.592. The van der Waals surface area contributed by atoms with E-state index in [1.54, 1.807) is 4.90 Å². The van der Waals surface area contributed by atoms with Crippen molar-refractivity contribution < 1.29 is 14.3 Å². The van der Waals surface area contributed by atoms with Gasteiger partial charge in [-0.3, -0.25) is 9.59 Å². The number of ether oxygens (including phenoxy) is 1. The van der Waals surface area contributed by atoms with Crippen LogP contribution in [0.3, 0.4) is 0 Å². The van der Waals surface area contributed by atoms with Crippen LogP contribution < -0.4 is 0 Å². The molecule has 0 spiro atoms. The molecule has 2 atom stereocenters. The van der Waals surface area contributed by atoms with Crippen molar-refractivity contribution >= 4 is 11.8 Å². The molecule has 0 bridgehead atoms. The van der Waals surface area contributed by atoms with Crippen LogP contribution in [0.15, 0.2) is 0 Å². The van der Waals surface area contributed by atoms with E-state index in [-0.39, 0.29) is 30.4 Å². The Balaban J connectivity index is 1.64. The summed E-state index contributed by atoms with van der Waals surface area (Å²) in [6.07, 6.45) is 3.99. The van der Waals surface area contributed by atoms with Gasteiger partial charge in [0.2, 0.25) is 11.8 Å². The Morgan fingerprint density at radius 3 is 2.78 bits per heavy atom. The molecule has 2 aliphatic heterocycles. The molecule has 1 aliphatic carbocycles. The van der Waals surface area contributed by atoms with Crippen molar-refractivity contribution in [2.75, 3.05) is 19.8 Å². The molecular formula is C13H20N2O3. The van der Waals surface area contributed by atoms with Gasteiger partial charge in [-0.15, -0.1) is 0 Å². The summed E-state index contributed by atoms with van der Waals surface area (Å²) in [6, 6.07) is 0.398. The minimum Gasteiger partial charge on any atom is -0.378 e.